The van der Waals surface area contributed by atoms with Crippen molar-refractivity contribution >= 4 is 11.3 Å². The smallest absolute Gasteiger partial charge is 0.119 e. The van der Waals surface area contributed by atoms with Gasteiger partial charge in [0, 0.05) is 12.6 Å². The van der Waals surface area contributed by atoms with Crippen molar-refractivity contribution in [2.24, 2.45) is 0 Å². The normalized spacial score (nSPS) is 17.6. The molecule has 1 aliphatic carbocycles. The van der Waals surface area contributed by atoms with Gasteiger partial charge in [-0.1, -0.05) is 19.1 Å². The highest BCUT2D eigenvalue weighted by Gasteiger charge is 2.25. The van der Waals surface area contributed by atoms with E-state index < -0.39 is 0 Å². The number of hydrogen-bond donors (Lipinski definition) is 1. The maximum Gasteiger partial charge on any atom is 0.119 e. The molecule has 118 valence electrons. The Morgan fingerprint density at radius 2 is 2.18 bits per heavy atom. The van der Waals surface area contributed by atoms with Crippen LogP contribution in [0.25, 0.3) is 0 Å². The summed E-state index contributed by atoms with van der Waals surface area (Å²) < 4.78 is 0. The molecule has 1 atom stereocenters. The molecule has 1 aromatic carbocycles. The fraction of sp³-hybridized carbons (Fsp3) is 0.474. The fourth-order valence-electron chi connectivity index (χ4n) is 3.55. The van der Waals surface area contributed by atoms with E-state index in [1.165, 1.54) is 29.7 Å². The van der Waals surface area contributed by atoms with Crippen LogP contribution in [0.3, 0.4) is 0 Å². The summed E-state index contributed by atoms with van der Waals surface area (Å²) in [7, 11) is 0. The number of aromatic hydroxyl groups is 1. The van der Waals surface area contributed by atoms with Crippen LogP contribution in [0, 0.1) is 0 Å². The quantitative estimate of drug-likeness (QED) is 0.860. The summed E-state index contributed by atoms with van der Waals surface area (Å²) in [5, 5.41) is 14.4. The predicted molar refractivity (Wildman–Crippen MR) is 93.8 cm³/mol. The van der Waals surface area contributed by atoms with Crippen LogP contribution in [-0.4, -0.2) is 29.1 Å². The van der Waals surface area contributed by atoms with Gasteiger partial charge in [-0.25, -0.2) is 0 Å². The maximum absolute atomic E-state index is 10.0. The van der Waals surface area contributed by atoms with Gasteiger partial charge in [0.1, 0.15) is 5.75 Å². The van der Waals surface area contributed by atoms with Gasteiger partial charge < -0.3 is 5.11 Å². The van der Waals surface area contributed by atoms with Gasteiger partial charge in [-0.2, -0.15) is 11.3 Å². The van der Waals surface area contributed by atoms with E-state index in [2.05, 4.69) is 34.7 Å². The van der Waals surface area contributed by atoms with E-state index in [9.17, 15) is 5.11 Å². The molecule has 0 fully saturated rings. The van der Waals surface area contributed by atoms with E-state index in [-0.39, 0.29) is 0 Å². The molecular formula is C19H25NOS. The molecule has 1 N–H and O–H groups in total. The van der Waals surface area contributed by atoms with Gasteiger partial charge in [-0.15, -0.1) is 0 Å². The highest BCUT2D eigenvalue weighted by molar-refractivity contribution is 7.07. The Bertz CT molecular complexity index is 593. The minimum absolute atomic E-state index is 0.483. The molecule has 2 nitrogen and oxygen atoms in total. The summed E-state index contributed by atoms with van der Waals surface area (Å²) >= 11 is 1.79. The van der Waals surface area contributed by atoms with Crippen molar-refractivity contribution in [2.75, 3.05) is 13.1 Å². The standard InChI is InChI=1S/C19H25NOS/c1-2-10-20(11-8-15-9-12-22-14-15)17-6-7-18-16(13-17)4-3-5-19(18)21/h3-5,9,12,14,17,21H,2,6-8,10-11,13H2,1H3/t17-/m0/s1. The van der Waals surface area contributed by atoms with Crippen LogP contribution in [0.4, 0.5) is 0 Å². The molecule has 0 saturated carbocycles. The largest absolute Gasteiger partial charge is 0.508 e. The van der Waals surface area contributed by atoms with E-state index in [4.69, 9.17) is 0 Å². The van der Waals surface area contributed by atoms with Crippen molar-refractivity contribution in [3.05, 3.63) is 51.7 Å². The monoisotopic (exact) mass is 315 g/mol. The Morgan fingerprint density at radius 3 is 2.95 bits per heavy atom. The molecule has 2 aromatic rings. The average Bonchev–Trinajstić information content (AvgIpc) is 3.05. The third kappa shape index (κ3) is 3.53. The van der Waals surface area contributed by atoms with E-state index in [1.54, 1.807) is 11.3 Å². The van der Waals surface area contributed by atoms with E-state index >= 15 is 0 Å². The van der Waals surface area contributed by atoms with Crippen molar-refractivity contribution in [1.82, 2.24) is 4.90 Å². The zero-order chi connectivity index (χ0) is 15.4. The van der Waals surface area contributed by atoms with Gasteiger partial charge in [-0.05, 0) is 78.2 Å². The fourth-order valence-corrected chi connectivity index (χ4v) is 4.25. The van der Waals surface area contributed by atoms with Gasteiger partial charge in [0.2, 0.25) is 0 Å². The number of hydrogen-bond acceptors (Lipinski definition) is 3. The van der Waals surface area contributed by atoms with E-state index in [0.717, 1.165) is 32.2 Å². The zero-order valence-electron chi connectivity index (χ0n) is 13.3. The zero-order valence-corrected chi connectivity index (χ0v) is 14.1. The highest BCUT2D eigenvalue weighted by Crippen LogP contribution is 2.30. The minimum atomic E-state index is 0.483. The summed E-state index contributed by atoms with van der Waals surface area (Å²) in [5.41, 5.74) is 3.97. The molecule has 22 heavy (non-hydrogen) atoms. The highest BCUT2D eigenvalue weighted by atomic mass is 32.1. The molecule has 0 aliphatic heterocycles. The van der Waals surface area contributed by atoms with Gasteiger partial charge in [0.05, 0.1) is 0 Å². The van der Waals surface area contributed by atoms with Gasteiger partial charge in [0.25, 0.3) is 0 Å². The van der Waals surface area contributed by atoms with Crippen LogP contribution < -0.4 is 0 Å². The predicted octanol–water partition coefficient (Wildman–Crippen LogP) is 4.27. The molecule has 0 unspecified atom stereocenters. The maximum atomic E-state index is 10.0. The third-order valence-corrected chi connectivity index (χ3v) is 5.46. The third-order valence-electron chi connectivity index (χ3n) is 4.73. The van der Waals surface area contributed by atoms with Gasteiger partial charge >= 0.3 is 0 Å². The van der Waals surface area contributed by atoms with Crippen molar-refractivity contribution in [1.29, 1.82) is 0 Å². The lowest BCUT2D eigenvalue weighted by molar-refractivity contribution is 0.181. The minimum Gasteiger partial charge on any atom is -0.508 e. The van der Waals surface area contributed by atoms with Crippen LogP contribution in [0.5, 0.6) is 5.75 Å². The second-order valence-corrected chi connectivity index (χ2v) is 7.01. The van der Waals surface area contributed by atoms with Crippen molar-refractivity contribution in [2.45, 2.75) is 45.1 Å². The molecular weight excluding hydrogens is 290 g/mol. The number of phenols is 1. The van der Waals surface area contributed by atoms with E-state index in [1.807, 2.05) is 12.1 Å². The number of fused-ring (bicyclic) bond motifs is 1. The molecule has 0 spiro atoms. The van der Waals surface area contributed by atoms with Crippen LogP contribution in [0.2, 0.25) is 0 Å². The second kappa shape index (κ2) is 7.30. The molecule has 3 rings (SSSR count). The van der Waals surface area contributed by atoms with Crippen molar-refractivity contribution in [3.63, 3.8) is 0 Å². The first kappa shape index (κ1) is 15.6. The topological polar surface area (TPSA) is 23.5 Å². The van der Waals surface area contributed by atoms with Crippen LogP contribution in [0.15, 0.2) is 35.0 Å². The molecule has 1 aromatic heterocycles. The van der Waals surface area contributed by atoms with Crippen LogP contribution in [0.1, 0.15) is 36.5 Å². The van der Waals surface area contributed by atoms with Gasteiger partial charge in [0.15, 0.2) is 0 Å². The van der Waals surface area contributed by atoms with Gasteiger partial charge in [-0.3, -0.25) is 4.90 Å². The van der Waals surface area contributed by atoms with Crippen LogP contribution >= 0.6 is 11.3 Å². The number of thiophene rings is 1. The SMILES string of the molecule is CCCN(CCc1ccsc1)[C@H]1CCc2c(O)cccc2C1. The Balaban J connectivity index is 1.67. The molecule has 0 saturated heterocycles. The van der Waals surface area contributed by atoms with Crippen LogP contribution in [-0.2, 0) is 19.3 Å². The lowest BCUT2D eigenvalue weighted by atomic mass is 9.86. The molecule has 0 amide bonds. The van der Waals surface area contributed by atoms with Crippen molar-refractivity contribution < 1.29 is 5.11 Å². The molecule has 3 heteroatoms. The lowest BCUT2D eigenvalue weighted by Gasteiger charge is -2.35. The molecule has 1 heterocycles. The summed E-state index contributed by atoms with van der Waals surface area (Å²) in [5.74, 6) is 0.483. The molecule has 0 radical (unpaired) electrons. The molecule has 1 aliphatic rings. The average molecular weight is 315 g/mol. The second-order valence-electron chi connectivity index (χ2n) is 6.23. The Morgan fingerprint density at radius 1 is 1.27 bits per heavy atom. The Kier molecular flexibility index (Phi) is 5.16. The number of benzene rings is 1. The first-order valence-corrected chi connectivity index (χ1v) is 9.27. The summed E-state index contributed by atoms with van der Waals surface area (Å²) in [6.07, 6.45) is 5.59. The number of phenolic OH excluding ortho intramolecular Hbond substituents is 1. The van der Waals surface area contributed by atoms with E-state index in [0.29, 0.717) is 11.8 Å². The first-order chi connectivity index (χ1) is 10.8. The molecule has 0 bridgehead atoms. The number of rotatable bonds is 6. The lowest BCUT2D eigenvalue weighted by Crippen LogP contribution is -2.41. The summed E-state index contributed by atoms with van der Waals surface area (Å²) in [4.78, 5) is 2.66. The Labute approximate surface area is 137 Å². The summed E-state index contributed by atoms with van der Waals surface area (Å²) in [6, 6.07) is 8.84. The number of nitrogens with zero attached hydrogens (tertiary/aromatic N) is 1. The first-order valence-electron chi connectivity index (χ1n) is 8.32. The Hall–Kier alpha value is -1.32. The summed E-state index contributed by atoms with van der Waals surface area (Å²) in [6.45, 7) is 4.58. The van der Waals surface area contributed by atoms with Crippen molar-refractivity contribution in [3.8, 4) is 5.75 Å².